The Morgan fingerprint density at radius 2 is 1.95 bits per heavy atom. The number of aromatic hydroxyl groups is 1. The number of benzene rings is 2. The van der Waals surface area contributed by atoms with Crippen LogP contribution in [0.1, 0.15) is 18.1 Å². The molecule has 22 heavy (non-hydrogen) atoms. The molecule has 0 aromatic heterocycles. The molecule has 0 spiro atoms. The number of rotatable bonds is 6. The summed E-state index contributed by atoms with van der Waals surface area (Å²) in [6.45, 7) is 2.48. The molecule has 5 heteroatoms. The molecule has 2 aromatic rings. The number of hydrogen-bond acceptors (Lipinski definition) is 4. The fourth-order valence-electron chi connectivity index (χ4n) is 1.89. The van der Waals surface area contributed by atoms with E-state index in [1.807, 2.05) is 31.2 Å². The molecule has 0 atom stereocenters. The van der Waals surface area contributed by atoms with Gasteiger partial charge >= 0.3 is 0 Å². The first kappa shape index (κ1) is 15.6. The molecule has 114 valence electrons. The van der Waals surface area contributed by atoms with E-state index >= 15 is 0 Å². The lowest BCUT2D eigenvalue weighted by Crippen LogP contribution is -2.19. The molecule has 1 amide bonds. The van der Waals surface area contributed by atoms with E-state index in [4.69, 9.17) is 4.74 Å². The highest BCUT2D eigenvalue weighted by Gasteiger charge is 2.03. The summed E-state index contributed by atoms with van der Waals surface area (Å²) in [5, 5.41) is 13.1. The van der Waals surface area contributed by atoms with E-state index in [0.29, 0.717) is 6.61 Å². The standard InChI is InChI=1S/C17H18N2O3/c1-2-22-16-6-4-3-5-14(16)12-18-19-17(21)11-13-7-9-15(20)10-8-13/h3-10,12,20H,2,11H2,1H3,(H,19,21)/b18-12-. The van der Waals surface area contributed by atoms with Crippen LogP contribution in [0.25, 0.3) is 0 Å². The molecular formula is C17H18N2O3. The van der Waals surface area contributed by atoms with Gasteiger partial charge in [-0.1, -0.05) is 24.3 Å². The molecule has 0 heterocycles. The molecule has 0 unspecified atom stereocenters. The number of carbonyl (C=O) groups is 1. The monoisotopic (exact) mass is 298 g/mol. The molecule has 0 radical (unpaired) electrons. The Hall–Kier alpha value is -2.82. The first-order chi connectivity index (χ1) is 10.7. The number of nitrogens with one attached hydrogen (secondary N) is 1. The van der Waals surface area contributed by atoms with Crippen molar-refractivity contribution in [2.24, 2.45) is 5.10 Å². The van der Waals surface area contributed by atoms with Crippen LogP contribution in [0.5, 0.6) is 11.5 Å². The molecule has 0 aliphatic heterocycles. The maximum absolute atomic E-state index is 11.8. The van der Waals surface area contributed by atoms with E-state index in [0.717, 1.165) is 16.9 Å². The summed E-state index contributed by atoms with van der Waals surface area (Å²) in [5.74, 6) is 0.673. The predicted molar refractivity (Wildman–Crippen MR) is 85.2 cm³/mol. The Kier molecular flexibility index (Phi) is 5.54. The van der Waals surface area contributed by atoms with Crippen molar-refractivity contribution in [2.75, 3.05) is 6.61 Å². The van der Waals surface area contributed by atoms with Crippen LogP contribution >= 0.6 is 0 Å². The quantitative estimate of drug-likeness (QED) is 0.636. The Morgan fingerprint density at radius 1 is 1.23 bits per heavy atom. The van der Waals surface area contributed by atoms with Gasteiger partial charge in [0.1, 0.15) is 11.5 Å². The number of hydrazone groups is 1. The minimum Gasteiger partial charge on any atom is -0.508 e. The summed E-state index contributed by atoms with van der Waals surface area (Å²) in [7, 11) is 0. The average molecular weight is 298 g/mol. The van der Waals surface area contributed by atoms with Crippen LogP contribution in [0, 0.1) is 0 Å². The summed E-state index contributed by atoms with van der Waals surface area (Å²) in [4.78, 5) is 11.8. The Morgan fingerprint density at radius 3 is 2.68 bits per heavy atom. The fraction of sp³-hybridized carbons (Fsp3) is 0.176. The van der Waals surface area contributed by atoms with E-state index in [-0.39, 0.29) is 18.1 Å². The molecule has 2 N–H and O–H groups in total. The van der Waals surface area contributed by atoms with Crippen molar-refractivity contribution < 1.29 is 14.6 Å². The molecule has 0 bridgehead atoms. The molecule has 0 fully saturated rings. The van der Waals surface area contributed by atoms with E-state index in [1.54, 1.807) is 30.5 Å². The van der Waals surface area contributed by atoms with Gasteiger partial charge in [-0.25, -0.2) is 5.43 Å². The number of hydrogen-bond donors (Lipinski definition) is 2. The third-order valence-electron chi connectivity index (χ3n) is 2.91. The van der Waals surface area contributed by atoms with Gasteiger partial charge in [0.25, 0.3) is 0 Å². The highest BCUT2D eigenvalue weighted by atomic mass is 16.5. The summed E-state index contributed by atoms with van der Waals surface area (Å²) in [6.07, 6.45) is 1.75. The minimum absolute atomic E-state index is 0.176. The summed E-state index contributed by atoms with van der Waals surface area (Å²) in [6, 6.07) is 14.0. The predicted octanol–water partition coefficient (Wildman–Crippen LogP) is 2.48. The third kappa shape index (κ3) is 4.63. The first-order valence-corrected chi connectivity index (χ1v) is 7.00. The topological polar surface area (TPSA) is 70.9 Å². The van der Waals surface area contributed by atoms with Crippen molar-refractivity contribution in [3.05, 3.63) is 59.7 Å². The van der Waals surface area contributed by atoms with E-state index in [1.165, 1.54) is 0 Å². The van der Waals surface area contributed by atoms with Crippen LogP contribution in [0.3, 0.4) is 0 Å². The largest absolute Gasteiger partial charge is 0.508 e. The number of phenols is 1. The van der Waals surface area contributed by atoms with Gasteiger partial charge in [-0.15, -0.1) is 0 Å². The second kappa shape index (κ2) is 7.83. The maximum Gasteiger partial charge on any atom is 0.244 e. The number of nitrogens with zero attached hydrogens (tertiary/aromatic N) is 1. The first-order valence-electron chi connectivity index (χ1n) is 7.00. The Bertz CT molecular complexity index is 651. The normalized spacial score (nSPS) is 10.6. The van der Waals surface area contributed by atoms with Crippen LogP contribution in [-0.2, 0) is 11.2 Å². The molecular weight excluding hydrogens is 280 g/mol. The molecule has 5 nitrogen and oxygen atoms in total. The van der Waals surface area contributed by atoms with Gasteiger partial charge < -0.3 is 9.84 Å². The van der Waals surface area contributed by atoms with Crippen molar-refractivity contribution >= 4 is 12.1 Å². The lowest BCUT2D eigenvalue weighted by atomic mass is 10.1. The van der Waals surface area contributed by atoms with E-state index < -0.39 is 0 Å². The third-order valence-corrected chi connectivity index (χ3v) is 2.91. The zero-order valence-corrected chi connectivity index (χ0v) is 12.3. The lowest BCUT2D eigenvalue weighted by Gasteiger charge is -2.06. The molecule has 0 saturated heterocycles. The summed E-state index contributed by atoms with van der Waals surface area (Å²) in [5.41, 5.74) is 4.08. The number of phenolic OH excluding ortho intramolecular Hbond substituents is 1. The fourth-order valence-corrected chi connectivity index (χ4v) is 1.89. The van der Waals surface area contributed by atoms with Gasteiger partial charge in [-0.2, -0.15) is 5.10 Å². The van der Waals surface area contributed by atoms with Crippen molar-refractivity contribution in [3.63, 3.8) is 0 Å². The molecule has 0 saturated carbocycles. The number of carbonyl (C=O) groups excluding carboxylic acids is 1. The highest BCUT2D eigenvalue weighted by molar-refractivity contribution is 5.85. The van der Waals surface area contributed by atoms with Gasteiger partial charge in [0.15, 0.2) is 0 Å². The van der Waals surface area contributed by atoms with Gasteiger partial charge in [-0.05, 0) is 36.8 Å². The number of amides is 1. The van der Waals surface area contributed by atoms with Gasteiger partial charge in [0.05, 0.1) is 19.2 Å². The van der Waals surface area contributed by atoms with E-state index in [9.17, 15) is 9.90 Å². The Labute approximate surface area is 129 Å². The lowest BCUT2D eigenvalue weighted by molar-refractivity contribution is -0.120. The molecule has 0 aliphatic carbocycles. The van der Waals surface area contributed by atoms with Gasteiger partial charge in [-0.3, -0.25) is 4.79 Å². The summed E-state index contributed by atoms with van der Waals surface area (Å²) >= 11 is 0. The van der Waals surface area contributed by atoms with Crippen LogP contribution in [0.2, 0.25) is 0 Å². The molecule has 2 aromatic carbocycles. The number of para-hydroxylation sites is 1. The van der Waals surface area contributed by atoms with Crippen LogP contribution in [-0.4, -0.2) is 23.8 Å². The highest BCUT2D eigenvalue weighted by Crippen LogP contribution is 2.15. The zero-order valence-electron chi connectivity index (χ0n) is 12.3. The second-order valence-corrected chi connectivity index (χ2v) is 4.61. The van der Waals surface area contributed by atoms with Crippen LogP contribution < -0.4 is 10.2 Å². The van der Waals surface area contributed by atoms with E-state index in [2.05, 4.69) is 10.5 Å². The van der Waals surface area contributed by atoms with Crippen molar-refractivity contribution in [1.82, 2.24) is 5.43 Å². The maximum atomic E-state index is 11.8. The Balaban J connectivity index is 1.92. The summed E-state index contributed by atoms with van der Waals surface area (Å²) < 4.78 is 5.47. The smallest absolute Gasteiger partial charge is 0.244 e. The van der Waals surface area contributed by atoms with Crippen LogP contribution in [0.15, 0.2) is 53.6 Å². The van der Waals surface area contributed by atoms with Crippen molar-refractivity contribution in [1.29, 1.82) is 0 Å². The van der Waals surface area contributed by atoms with Crippen LogP contribution in [0.4, 0.5) is 0 Å². The molecule has 0 aliphatic rings. The zero-order chi connectivity index (χ0) is 15.8. The van der Waals surface area contributed by atoms with Crippen molar-refractivity contribution in [3.8, 4) is 11.5 Å². The second-order valence-electron chi connectivity index (χ2n) is 4.61. The number of ether oxygens (including phenoxy) is 1. The van der Waals surface area contributed by atoms with Crippen molar-refractivity contribution in [2.45, 2.75) is 13.3 Å². The SMILES string of the molecule is CCOc1ccccc1/C=N\NC(=O)Cc1ccc(O)cc1. The van der Waals surface area contributed by atoms with Gasteiger partial charge in [0, 0.05) is 5.56 Å². The molecule has 2 rings (SSSR count). The average Bonchev–Trinajstić information content (AvgIpc) is 2.51. The van der Waals surface area contributed by atoms with Gasteiger partial charge in [0.2, 0.25) is 5.91 Å². The minimum atomic E-state index is -0.226.